The van der Waals surface area contributed by atoms with Gasteiger partial charge >= 0.3 is 5.97 Å². The zero-order valence-electron chi connectivity index (χ0n) is 21.3. The Bertz CT molecular complexity index is 1140. The average Bonchev–Trinajstić information content (AvgIpc) is 3.67. The summed E-state index contributed by atoms with van der Waals surface area (Å²) in [6, 6.07) is -1.16. The van der Waals surface area contributed by atoms with Crippen LogP contribution >= 0.6 is 11.8 Å². The molecule has 0 saturated carbocycles. The first-order chi connectivity index (χ1) is 18.2. The van der Waals surface area contributed by atoms with Crippen LogP contribution in [0.15, 0.2) is 16.9 Å². The SMILES string of the molecule is C[C@@H](NC(=O)Cn1cnnn1)[C@H]1C(=O)N2C(C(=O)O)=C(S[C@@H]3CN[C@H](C(=O)N4CC[C@H](CN)C4)C3)[C@H](C)[C@H]12. The molecule has 3 saturated heterocycles. The topological polar surface area (TPSA) is 189 Å². The second-order valence-electron chi connectivity index (χ2n) is 10.5. The van der Waals surface area contributed by atoms with Gasteiger partial charge in [-0.05, 0) is 42.7 Å². The van der Waals surface area contributed by atoms with Crippen LogP contribution in [0.3, 0.4) is 0 Å². The number of hydrogen-bond acceptors (Lipinski definition) is 10. The highest BCUT2D eigenvalue weighted by Gasteiger charge is 2.60. The molecule has 5 N–H and O–H groups in total. The Morgan fingerprint density at radius 2 is 2.16 bits per heavy atom. The van der Waals surface area contributed by atoms with Crippen molar-refractivity contribution in [3.05, 3.63) is 16.9 Å². The molecule has 206 valence electrons. The molecule has 3 amide bonds. The maximum Gasteiger partial charge on any atom is 0.353 e. The number of tetrazole rings is 1. The Balaban J connectivity index is 1.22. The van der Waals surface area contributed by atoms with Gasteiger partial charge in [-0.3, -0.25) is 14.4 Å². The predicted molar refractivity (Wildman–Crippen MR) is 135 cm³/mol. The van der Waals surface area contributed by atoms with E-state index in [1.807, 2.05) is 11.8 Å². The smallest absolute Gasteiger partial charge is 0.353 e. The van der Waals surface area contributed by atoms with E-state index in [0.29, 0.717) is 43.4 Å². The van der Waals surface area contributed by atoms with Crippen LogP contribution in [0.4, 0.5) is 0 Å². The zero-order valence-corrected chi connectivity index (χ0v) is 22.1. The van der Waals surface area contributed by atoms with Gasteiger partial charge in [-0.1, -0.05) is 6.92 Å². The standard InChI is InChI=1S/C23H33N9O5S/c1-11-18-17(12(2)27-16(33)9-31-10-26-28-29-31)22(35)32(18)19(23(36)37)20(11)38-14-5-15(25-7-14)21(34)30-4-3-13(6-24)8-30/h10-15,17-18,25H,3-9,24H2,1-2H3,(H,27,33)(H,36,37)/t11-,12-,13-,14+,15+,17-,18-/m1/s1. The lowest BCUT2D eigenvalue weighted by Crippen LogP contribution is -2.66. The summed E-state index contributed by atoms with van der Waals surface area (Å²) in [5, 5.41) is 26.8. The van der Waals surface area contributed by atoms with E-state index in [0.717, 1.165) is 6.42 Å². The Kier molecular flexibility index (Phi) is 7.42. The quantitative estimate of drug-likeness (QED) is 0.256. The number of aromatic nitrogens is 4. The highest BCUT2D eigenvalue weighted by atomic mass is 32.2. The molecular weight excluding hydrogens is 514 g/mol. The third-order valence-electron chi connectivity index (χ3n) is 8.03. The molecule has 14 nitrogen and oxygen atoms in total. The number of hydrogen-bond donors (Lipinski definition) is 4. The van der Waals surface area contributed by atoms with Gasteiger partial charge in [-0.2, -0.15) is 0 Å². The van der Waals surface area contributed by atoms with E-state index >= 15 is 0 Å². The van der Waals surface area contributed by atoms with E-state index in [2.05, 4.69) is 26.2 Å². The Morgan fingerprint density at radius 3 is 2.82 bits per heavy atom. The summed E-state index contributed by atoms with van der Waals surface area (Å²) in [5.41, 5.74) is 5.78. The van der Waals surface area contributed by atoms with Gasteiger partial charge in [0.25, 0.3) is 0 Å². The van der Waals surface area contributed by atoms with Crippen molar-refractivity contribution in [1.82, 2.24) is 40.6 Å². The molecule has 5 heterocycles. The summed E-state index contributed by atoms with van der Waals surface area (Å²) in [7, 11) is 0. The number of β-lactam (4-membered cyclic amide) rings is 1. The van der Waals surface area contributed by atoms with Gasteiger partial charge in [-0.15, -0.1) is 16.9 Å². The molecule has 4 aliphatic heterocycles. The first kappa shape index (κ1) is 26.6. The van der Waals surface area contributed by atoms with E-state index in [1.165, 1.54) is 27.7 Å². The number of carboxylic acids is 1. The van der Waals surface area contributed by atoms with Crippen molar-refractivity contribution in [1.29, 1.82) is 0 Å². The van der Waals surface area contributed by atoms with Gasteiger partial charge in [0, 0.05) is 41.7 Å². The maximum absolute atomic E-state index is 13.1. The van der Waals surface area contributed by atoms with Crippen molar-refractivity contribution in [2.45, 2.75) is 56.6 Å². The number of nitrogens with two attached hydrogens (primary N) is 1. The molecule has 0 aromatic carbocycles. The number of likely N-dealkylation sites (tertiary alicyclic amines) is 1. The lowest BCUT2D eigenvalue weighted by atomic mass is 9.78. The monoisotopic (exact) mass is 547 g/mol. The number of carboxylic acid groups (broad SMARTS) is 1. The fourth-order valence-corrected chi connectivity index (χ4v) is 7.57. The molecule has 0 aliphatic carbocycles. The molecule has 1 aromatic heterocycles. The van der Waals surface area contributed by atoms with Gasteiger partial charge in [-0.25, -0.2) is 9.48 Å². The van der Waals surface area contributed by atoms with Gasteiger partial charge in [0.1, 0.15) is 18.6 Å². The fourth-order valence-electron chi connectivity index (χ4n) is 6.09. The van der Waals surface area contributed by atoms with E-state index < -0.39 is 17.9 Å². The van der Waals surface area contributed by atoms with E-state index in [4.69, 9.17) is 5.73 Å². The molecule has 0 bridgehead atoms. The molecule has 0 spiro atoms. The van der Waals surface area contributed by atoms with Crippen LogP contribution in [0, 0.1) is 17.8 Å². The molecular formula is C23H33N9O5S. The van der Waals surface area contributed by atoms with Crippen LogP contribution < -0.4 is 16.4 Å². The first-order valence-electron chi connectivity index (χ1n) is 12.9. The number of thioether (sulfide) groups is 1. The Morgan fingerprint density at radius 1 is 1.37 bits per heavy atom. The fraction of sp³-hybridized carbons (Fsp3) is 0.696. The number of carbonyl (C=O) groups excluding carboxylic acids is 3. The minimum Gasteiger partial charge on any atom is -0.477 e. The van der Waals surface area contributed by atoms with Crippen molar-refractivity contribution < 1.29 is 24.3 Å². The number of rotatable bonds is 9. The van der Waals surface area contributed by atoms with Crippen LogP contribution in [0.25, 0.3) is 0 Å². The normalized spacial score (nSPS) is 31.4. The highest BCUT2D eigenvalue weighted by Crippen LogP contribution is 2.51. The van der Waals surface area contributed by atoms with Crippen molar-refractivity contribution in [2.75, 3.05) is 26.2 Å². The molecule has 4 aliphatic rings. The summed E-state index contributed by atoms with van der Waals surface area (Å²) >= 11 is 1.45. The second kappa shape index (κ2) is 10.6. The Hall–Kier alpha value is -3.04. The molecule has 1 aromatic rings. The largest absolute Gasteiger partial charge is 0.477 e. The third-order valence-corrected chi connectivity index (χ3v) is 9.54. The molecule has 0 unspecified atom stereocenters. The van der Waals surface area contributed by atoms with Gasteiger partial charge < -0.3 is 31.3 Å². The van der Waals surface area contributed by atoms with Crippen LogP contribution in [-0.2, 0) is 25.7 Å². The number of nitrogens with one attached hydrogen (secondary N) is 2. The average molecular weight is 548 g/mol. The van der Waals surface area contributed by atoms with Crippen molar-refractivity contribution in [3.63, 3.8) is 0 Å². The van der Waals surface area contributed by atoms with Crippen LogP contribution in [0.2, 0.25) is 0 Å². The highest BCUT2D eigenvalue weighted by molar-refractivity contribution is 8.03. The van der Waals surface area contributed by atoms with Crippen molar-refractivity contribution in [2.24, 2.45) is 23.5 Å². The van der Waals surface area contributed by atoms with E-state index in [-0.39, 0.29) is 53.2 Å². The molecule has 5 rings (SSSR count). The molecule has 38 heavy (non-hydrogen) atoms. The van der Waals surface area contributed by atoms with Crippen molar-refractivity contribution >= 4 is 35.5 Å². The number of nitrogens with zero attached hydrogens (tertiary/aromatic N) is 6. The molecule has 0 radical (unpaired) electrons. The van der Waals surface area contributed by atoms with E-state index in [9.17, 15) is 24.3 Å². The summed E-state index contributed by atoms with van der Waals surface area (Å²) in [5.74, 6) is -2.15. The number of amides is 3. The van der Waals surface area contributed by atoms with E-state index in [1.54, 1.807) is 6.92 Å². The number of carbonyl (C=O) groups is 4. The lowest BCUT2D eigenvalue weighted by molar-refractivity contribution is -0.158. The first-order valence-corrected chi connectivity index (χ1v) is 13.8. The number of aliphatic carboxylic acids is 1. The van der Waals surface area contributed by atoms with Crippen LogP contribution in [0.1, 0.15) is 26.7 Å². The van der Waals surface area contributed by atoms with Crippen molar-refractivity contribution in [3.8, 4) is 0 Å². The summed E-state index contributed by atoms with van der Waals surface area (Å²) in [6.45, 7) is 6.13. The molecule has 7 atom stereocenters. The maximum atomic E-state index is 13.1. The summed E-state index contributed by atoms with van der Waals surface area (Å²) in [4.78, 5) is 54.7. The lowest BCUT2D eigenvalue weighted by Gasteiger charge is -2.47. The minimum absolute atomic E-state index is 0.00401. The summed E-state index contributed by atoms with van der Waals surface area (Å²) < 4.78 is 1.28. The minimum atomic E-state index is -1.15. The van der Waals surface area contributed by atoms with Gasteiger partial charge in [0.2, 0.25) is 17.7 Å². The summed E-state index contributed by atoms with van der Waals surface area (Å²) in [6.07, 6.45) is 2.83. The molecule has 15 heteroatoms. The zero-order chi connectivity index (χ0) is 27.1. The number of fused-ring (bicyclic) bond motifs is 1. The third kappa shape index (κ3) is 4.78. The Labute approximate surface area is 223 Å². The van der Waals surface area contributed by atoms with Gasteiger partial charge in [0.15, 0.2) is 0 Å². The van der Waals surface area contributed by atoms with Crippen LogP contribution in [0.5, 0.6) is 0 Å². The predicted octanol–water partition coefficient (Wildman–Crippen LogP) is -1.78. The van der Waals surface area contributed by atoms with Crippen LogP contribution in [-0.4, -0.2) is 108 Å². The second-order valence-corrected chi connectivity index (χ2v) is 11.8. The molecule has 3 fully saturated rings. The van der Waals surface area contributed by atoms with Gasteiger partial charge in [0.05, 0.1) is 18.0 Å².